The lowest BCUT2D eigenvalue weighted by molar-refractivity contribution is -0.385. The van der Waals surface area contributed by atoms with E-state index in [1.165, 1.54) is 43.2 Å². The number of nitro benzene ring substituents is 1. The van der Waals surface area contributed by atoms with Gasteiger partial charge in [0.2, 0.25) is 5.75 Å². The molecule has 0 aliphatic heterocycles. The topological polar surface area (TPSA) is 125 Å². The van der Waals surface area contributed by atoms with Crippen molar-refractivity contribution in [3.63, 3.8) is 0 Å². The number of nitrogens with one attached hydrogen (secondary N) is 1. The summed E-state index contributed by atoms with van der Waals surface area (Å²) in [6.45, 7) is 2.28. The number of aryl methyl sites for hydroxylation is 1. The fourth-order valence-corrected chi connectivity index (χ4v) is 3.21. The number of aromatic nitrogens is 1. The van der Waals surface area contributed by atoms with E-state index in [0.29, 0.717) is 6.54 Å². The molecular weight excluding hydrogens is 428 g/mol. The molecule has 10 heteroatoms. The normalized spacial score (nSPS) is 10.8. The molecule has 0 bridgehead atoms. The number of nitrogens with zero attached hydrogens (tertiary/aromatic N) is 3. The van der Waals surface area contributed by atoms with Gasteiger partial charge in [-0.2, -0.15) is 5.10 Å². The van der Waals surface area contributed by atoms with Crippen LogP contribution in [-0.2, 0) is 6.54 Å². The van der Waals surface area contributed by atoms with Crippen LogP contribution in [0.1, 0.15) is 27.0 Å². The molecule has 0 atom stereocenters. The van der Waals surface area contributed by atoms with Crippen LogP contribution < -0.4 is 20.5 Å². The van der Waals surface area contributed by atoms with Gasteiger partial charge < -0.3 is 14.0 Å². The maximum Gasteiger partial charge on any atom is 0.311 e. The molecule has 3 rings (SSSR count). The molecule has 0 saturated carbocycles. The van der Waals surface area contributed by atoms with Gasteiger partial charge in [0.25, 0.3) is 11.5 Å². The number of carbonyl (C=O) groups is 1. The molecule has 1 amide bonds. The van der Waals surface area contributed by atoms with E-state index in [4.69, 9.17) is 9.47 Å². The summed E-state index contributed by atoms with van der Waals surface area (Å²) in [6, 6.07) is 13.3. The number of nitro groups is 1. The number of amides is 1. The summed E-state index contributed by atoms with van der Waals surface area (Å²) in [5.74, 6) is -0.427. The molecule has 0 spiro atoms. The Morgan fingerprint density at radius 2 is 1.91 bits per heavy atom. The molecular formula is C23H22N4O6. The van der Waals surface area contributed by atoms with E-state index in [9.17, 15) is 19.7 Å². The van der Waals surface area contributed by atoms with Gasteiger partial charge in [-0.15, -0.1) is 0 Å². The van der Waals surface area contributed by atoms with Crippen LogP contribution in [-0.4, -0.2) is 35.8 Å². The number of carbonyl (C=O) groups excluding carboxylic acids is 1. The predicted molar refractivity (Wildman–Crippen MR) is 122 cm³/mol. The van der Waals surface area contributed by atoms with Gasteiger partial charge in [0.1, 0.15) is 11.3 Å². The second-order valence-corrected chi connectivity index (χ2v) is 7.07. The molecule has 10 nitrogen and oxygen atoms in total. The third-order valence-corrected chi connectivity index (χ3v) is 4.80. The lowest BCUT2D eigenvalue weighted by Gasteiger charge is -2.09. The Labute approximate surface area is 189 Å². The van der Waals surface area contributed by atoms with Gasteiger partial charge in [0.05, 0.1) is 31.9 Å². The summed E-state index contributed by atoms with van der Waals surface area (Å²) in [4.78, 5) is 36.0. The van der Waals surface area contributed by atoms with Crippen molar-refractivity contribution < 1.29 is 19.2 Å². The molecule has 0 unspecified atom stereocenters. The Morgan fingerprint density at radius 1 is 1.15 bits per heavy atom. The van der Waals surface area contributed by atoms with Gasteiger partial charge in [0.15, 0.2) is 0 Å². The number of rotatable bonds is 8. The first-order valence-corrected chi connectivity index (χ1v) is 9.83. The first-order chi connectivity index (χ1) is 15.8. The smallest absolute Gasteiger partial charge is 0.311 e. The molecule has 1 heterocycles. The molecule has 0 aliphatic carbocycles. The fraction of sp³-hybridized carbons (Fsp3) is 0.174. The lowest BCUT2D eigenvalue weighted by Crippen LogP contribution is -2.30. The SMILES string of the molecule is COc1cc(OC)c([N+](=O)[O-])cc1/C=N\NC(=O)c1cccn(Cc2cccc(C)c2)c1=O. The standard InChI is InChI=1S/C23H22N4O6/c1-15-6-4-7-16(10-15)14-26-9-5-8-18(23(26)29)22(28)25-24-13-17-11-19(27(30)31)21(33-3)12-20(17)32-2/h4-13H,14H2,1-3H3,(H,25,28)/b24-13-. The highest BCUT2D eigenvalue weighted by molar-refractivity contribution is 5.95. The number of pyridine rings is 1. The first-order valence-electron chi connectivity index (χ1n) is 9.83. The molecule has 2 aromatic carbocycles. The number of hydrazone groups is 1. The quantitative estimate of drug-likeness (QED) is 0.320. The zero-order valence-electron chi connectivity index (χ0n) is 18.3. The summed E-state index contributed by atoms with van der Waals surface area (Å²) in [5, 5.41) is 15.1. The second-order valence-electron chi connectivity index (χ2n) is 7.07. The molecule has 170 valence electrons. The average Bonchev–Trinajstić information content (AvgIpc) is 2.80. The molecule has 3 aromatic rings. The summed E-state index contributed by atoms with van der Waals surface area (Å²) >= 11 is 0. The van der Waals surface area contributed by atoms with Gasteiger partial charge >= 0.3 is 5.69 Å². The number of hydrogen-bond donors (Lipinski definition) is 1. The number of benzene rings is 2. The highest BCUT2D eigenvalue weighted by Gasteiger charge is 2.19. The zero-order valence-corrected chi connectivity index (χ0v) is 18.3. The Kier molecular flexibility index (Phi) is 7.19. The minimum absolute atomic E-state index is 0.0245. The Morgan fingerprint density at radius 3 is 2.58 bits per heavy atom. The number of methoxy groups -OCH3 is 2. The summed E-state index contributed by atoms with van der Waals surface area (Å²) < 4.78 is 11.6. The second kappa shape index (κ2) is 10.2. The van der Waals surface area contributed by atoms with E-state index < -0.39 is 16.4 Å². The van der Waals surface area contributed by atoms with Gasteiger partial charge in [-0.05, 0) is 24.6 Å². The van der Waals surface area contributed by atoms with Crippen molar-refractivity contribution >= 4 is 17.8 Å². The monoisotopic (exact) mass is 450 g/mol. The van der Waals surface area contributed by atoms with Crippen LogP contribution in [0.2, 0.25) is 0 Å². The van der Waals surface area contributed by atoms with E-state index in [1.54, 1.807) is 12.3 Å². The summed E-state index contributed by atoms with van der Waals surface area (Å²) in [6.07, 6.45) is 2.80. The summed E-state index contributed by atoms with van der Waals surface area (Å²) in [5.41, 5.74) is 3.68. The summed E-state index contributed by atoms with van der Waals surface area (Å²) in [7, 11) is 2.69. The molecule has 0 fully saturated rings. The Balaban J connectivity index is 1.81. The average molecular weight is 450 g/mol. The van der Waals surface area contributed by atoms with E-state index in [0.717, 1.165) is 11.1 Å². The van der Waals surface area contributed by atoms with E-state index in [-0.39, 0.29) is 28.3 Å². The van der Waals surface area contributed by atoms with Gasteiger partial charge in [-0.3, -0.25) is 19.7 Å². The molecule has 33 heavy (non-hydrogen) atoms. The molecule has 1 aromatic heterocycles. The first kappa shape index (κ1) is 23.2. The van der Waals surface area contributed by atoms with Crippen molar-refractivity contribution in [2.45, 2.75) is 13.5 Å². The van der Waals surface area contributed by atoms with E-state index in [2.05, 4.69) is 10.5 Å². The zero-order chi connectivity index (χ0) is 24.0. The third-order valence-electron chi connectivity index (χ3n) is 4.80. The van der Waals surface area contributed by atoms with Crippen molar-refractivity contribution in [1.29, 1.82) is 0 Å². The maximum absolute atomic E-state index is 12.8. The molecule has 1 N–H and O–H groups in total. The third kappa shape index (κ3) is 5.42. The van der Waals surface area contributed by atoms with Crippen molar-refractivity contribution in [1.82, 2.24) is 9.99 Å². The van der Waals surface area contributed by atoms with Crippen LogP contribution in [0.4, 0.5) is 5.69 Å². The lowest BCUT2D eigenvalue weighted by atomic mass is 10.1. The molecule has 0 radical (unpaired) electrons. The van der Waals surface area contributed by atoms with Crippen LogP contribution in [0.5, 0.6) is 11.5 Å². The minimum atomic E-state index is -0.711. The van der Waals surface area contributed by atoms with Crippen LogP contribution >= 0.6 is 0 Å². The Hall–Kier alpha value is -4.47. The molecule has 0 aliphatic rings. The van der Waals surface area contributed by atoms with E-state index in [1.807, 2.05) is 31.2 Å². The predicted octanol–water partition coefficient (Wildman–Crippen LogP) is 2.89. The van der Waals surface area contributed by atoms with Gasteiger partial charge in [-0.25, -0.2) is 5.43 Å². The fourth-order valence-electron chi connectivity index (χ4n) is 3.21. The van der Waals surface area contributed by atoms with Crippen LogP contribution in [0.25, 0.3) is 0 Å². The minimum Gasteiger partial charge on any atom is -0.496 e. The van der Waals surface area contributed by atoms with Crippen LogP contribution in [0.3, 0.4) is 0 Å². The maximum atomic E-state index is 12.8. The van der Waals surface area contributed by atoms with Crippen molar-refractivity contribution in [2.75, 3.05) is 14.2 Å². The highest BCUT2D eigenvalue weighted by Crippen LogP contribution is 2.33. The van der Waals surface area contributed by atoms with Crippen molar-refractivity contribution in [2.24, 2.45) is 5.10 Å². The van der Waals surface area contributed by atoms with Crippen molar-refractivity contribution in [3.8, 4) is 11.5 Å². The van der Waals surface area contributed by atoms with Gasteiger partial charge in [-0.1, -0.05) is 29.8 Å². The molecule has 0 saturated heterocycles. The number of ether oxygens (including phenoxy) is 2. The van der Waals surface area contributed by atoms with Gasteiger partial charge in [0, 0.05) is 23.9 Å². The largest absolute Gasteiger partial charge is 0.496 e. The Bertz CT molecular complexity index is 1280. The number of hydrogen-bond acceptors (Lipinski definition) is 7. The van der Waals surface area contributed by atoms with E-state index >= 15 is 0 Å². The van der Waals surface area contributed by atoms with Crippen molar-refractivity contribution in [3.05, 3.63) is 97.4 Å². The van der Waals surface area contributed by atoms with Crippen LogP contribution in [0.15, 0.2) is 64.6 Å². The highest BCUT2D eigenvalue weighted by atomic mass is 16.6. The van der Waals surface area contributed by atoms with Crippen LogP contribution in [0, 0.1) is 17.0 Å².